The molecule has 0 aromatic heterocycles. The second kappa shape index (κ2) is 9.48. The van der Waals surface area contributed by atoms with E-state index in [1.807, 2.05) is 0 Å². The van der Waals surface area contributed by atoms with Crippen LogP contribution in [0.4, 0.5) is 0 Å². The Morgan fingerprint density at radius 2 is 1.28 bits per heavy atom. The Morgan fingerprint density at radius 1 is 0.840 bits per heavy atom. The summed E-state index contributed by atoms with van der Waals surface area (Å²) in [6, 6.07) is 9.36. The Labute approximate surface area is 161 Å². The minimum absolute atomic E-state index is 0.0203. The van der Waals surface area contributed by atoms with Gasteiger partial charge in [-0.1, -0.05) is 31.9 Å². The molecule has 0 spiro atoms. The van der Waals surface area contributed by atoms with Gasteiger partial charge in [-0.05, 0) is 50.2 Å². The summed E-state index contributed by atoms with van der Waals surface area (Å²) in [5.41, 5.74) is 0.539. The van der Waals surface area contributed by atoms with Crippen LogP contribution in [0, 0.1) is 0 Å². The predicted molar refractivity (Wildman–Crippen MR) is 101 cm³/mol. The number of ketones is 3. The molecular formula is C18H16Br2O5. The van der Waals surface area contributed by atoms with Gasteiger partial charge in [0.2, 0.25) is 0 Å². The first-order chi connectivity index (χ1) is 11.6. The fraction of sp³-hybridized carbons (Fsp3) is 0.167. The zero-order valence-electron chi connectivity index (χ0n) is 13.5. The first-order valence-electron chi connectivity index (χ1n) is 7.12. The molecule has 2 rings (SSSR count). The zero-order chi connectivity index (χ0) is 19.1. The molecule has 0 saturated carbocycles. The number of carbonyl (C=O) groups excluding carboxylic acids is 3. The molecule has 2 aromatic rings. The molecule has 0 aliphatic rings. The van der Waals surface area contributed by atoms with Crippen molar-refractivity contribution >= 4 is 49.2 Å². The molecule has 0 unspecified atom stereocenters. The Hall–Kier alpha value is -1.99. The van der Waals surface area contributed by atoms with Gasteiger partial charge in [-0.25, -0.2) is 0 Å². The number of hydrogen-bond acceptors (Lipinski definition) is 5. The Balaban J connectivity index is 0.000000257. The number of phenolic OH excluding ortho intramolecular Hbond substituents is 2. The minimum atomic E-state index is -0.359. The maximum Gasteiger partial charge on any atom is 0.173 e. The van der Waals surface area contributed by atoms with E-state index in [9.17, 15) is 24.6 Å². The highest BCUT2D eigenvalue weighted by molar-refractivity contribution is 9.10. The van der Waals surface area contributed by atoms with Gasteiger partial charge in [0.1, 0.15) is 17.3 Å². The minimum Gasteiger partial charge on any atom is -0.507 e. The molecule has 0 fully saturated rings. The van der Waals surface area contributed by atoms with Gasteiger partial charge in [-0.2, -0.15) is 0 Å². The topological polar surface area (TPSA) is 91.7 Å². The van der Waals surface area contributed by atoms with Gasteiger partial charge in [-0.3, -0.25) is 14.4 Å². The van der Waals surface area contributed by atoms with E-state index < -0.39 is 0 Å². The van der Waals surface area contributed by atoms with Gasteiger partial charge in [0.15, 0.2) is 11.6 Å². The lowest BCUT2D eigenvalue weighted by Gasteiger charge is -2.02. The van der Waals surface area contributed by atoms with Crippen molar-refractivity contribution in [3.8, 4) is 11.5 Å². The molecule has 0 amide bonds. The summed E-state index contributed by atoms with van der Waals surface area (Å²) in [6.07, 6.45) is -0.171. The van der Waals surface area contributed by atoms with Crippen LogP contribution in [-0.2, 0) is 4.79 Å². The monoisotopic (exact) mass is 470 g/mol. The van der Waals surface area contributed by atoms with E-state index in [2.05, 4.69) is 31.9 Å². The van der Waals surface area contributed by atoms with Crippen LogP contribution in [-0.4, -0.2) is 27.6 Å². The van der Waals surface area contributed by atoms with Crippen LogP contribution in [0.3, 0.4) is 0 Å². The molecule has 7 heteroatoms. The molecule has 0 heterocycles. The Bertz CT molecular complexity index is 815. The first kappa shape index (κ1) is 21.1. The van der Waals surface area contributed by atoms with Crippen molar-refractivity contribution in [3.05, 3.63) is 56.5 Å². The van der Waals surface area contributed by atoms with E-state index in [4.69, 9.17) is 0 Å². The zero-order valence-corrected chi connectivity index (χ0v) is 16.7. The summed E-state index contributed by atoms with van der Waals surface area (Å²) < 4.78 is 1.45. The van der Waals surface area contributed by atoms with E-state index in [1.165, 1.54) is 32.0 Å². The summed E-state index contributed by atoms with van der Waals surface area (Å²) in [5, 5.41) is 18.6. The van der Waals surface area contributed by atoms with Crippen LogP contribution >= 0.6 is 31.9 Å². The molecule has 0 radical (unpaired) electrons. The standard InChI is InChI=1S/C10H9BrO3.C8H7BrO2/c1-6(12)4-9(13)8-3-2-7(11)5-10(8)14;1-5(10)7-3-2-6(9)4-8(7)11/h2-3,5,14H,4H2,1H3;2-4,11H,1H3. The van der Waals surface area contributed by atoms with Gasteiger partial charge >= 0.3 is 0 Å². The highest BCUT2D eigenvalue weighted by Crippen LogP contribution is 2.23. The van der Waals surface area contributed by atoms with Crippen molar-refractivity contribution in [1.82, 2.24) is 0 Å². The number of aromatic hydroxyl groups is 2. The molecule has 0 atom stereocenters. The predicted octanol–water partition coefficient (Wildman–Crippen LogP) is 4.67. The van der Waals surface area contributed by atoms with E-state index in [0.717, 1.165) is 4.47 Å². The van der Waals surface area contributed by atoms with E-state index in [0.29, 0.717) is 10.0 Å². The van der Waals surface area contributed by atoms with Crippen LogP contribution in [0.2, 0.25) is 0 Å². The third kappa shape index (κ3) is 6.80. The summed E-state index contributed by atoms with van der Waals surface area (Å²) in [4.78, 5) is 32.9. The molecule has 2 N–H and O–H groups in total. The van der Waals surface area contributed by atoms with Crippen molar-refractivity contribution in [2.75, 3.05) is 0 Å². The normalized spacial score (nSPS) is 9.76. The fourth-order valence-electron chi connectivity index (χ4n) is 1.86. The summed E-state index contributed by atoms with van der Waals surface area (Å²) in [5.74, 6) is -0.785. The molecule has 0 aliphatic heterocycles. The van der Waals surface area contributed by atoms with Crippen molar-refractivity contribution in [1.29, 1.82) is 0 Å². The Morgan fingerprint density at radius 3 is 1.64 bits per heavy atom. The molecule has 0 bridgehead atoms. The van der Waals surface area contributed by atoms with Crippen LogP contribution in [0.1, 0.15) is 41.0 Å². The van der Waals surface area contributed by atoms with Crippen molar-refractivity contribution < 1.29 is 24.6 Å². The van der Waals surface area contributed by atoms with Crippen LogP contribution in [0.25, 0.3) is 0 Å². The molecule has 5 nitrogen and oxygen atoms in total. The lowest BCUT2D eigenvalue weighted by atomic mass is 10.1. The molecular weight excluding hydrogens is 456 g/mol. The van der Waals surface area contributed by atoms with Gasteiger partial charge in [0, 0.05) is 8.95 Å². The summed E-state index contributed by atoms with van der Waals surface area (Å²) in [7, 11) is 0. The largest absolute Gasteiger partial charge is 0.507 e. The average Bonchev–Trinajstić information content (AvgIpc) is 2.46. The number of phenols is 2. The number of rotatable bonds is 4. The smallest absolute Gasteiger partial charge is 0.173 e. The highest BCUT2D eigenvalue weighted by Gasteiger charge is 2.12. The first-order valence-corrected chi connectivity index (χ1v) is 8.71. The van der Waals surface area contributed by atoms with E-state index >= 15 is 0 Å². The van der Waals surface area contributed by atoms with E-state index in [-0.39, 0.29) is 40.8 Å². The average molecular weight is 472 g/mol. The second-order valence-electron chi connectivity index (χ2n) is 5.18. The maximum atomic E-state index is 11.4. The highest BCUT2D eigenvalue weighted by atomic mass is 79.9. The van der Waals surface area contributed by atoms with Crippen molar-refractivity contribution in [3.63, 3.8) is 0 Å². The van der Waals surface area contributed by atoms with Crippen molar-refractivity contribution in [2.24, 2.45) is 0 Å². The number of halogens is 2. The number of benzene rings is 2. The number of carbonyl (C=O) groups is 3. The van der Waals surface area contributed by atoms with Gasteiger partial charge < -0.3 is 10.2 Å². The molecule has 132 valence electrons. The molecule has 0 saturated heterocycles. The molecule has 0 aliphatic carbocycles. The lowest BCUT2D eigenvalue weighted by molar-refractivity contribution is -0.116. The Kier molecular flexibility index (Phi) is 7.99. The second-order valence-corrected chi connectivity index (χ2v) is 7.01. The number of Topliss-reactive ketones (excluding diaryl/α,β-unsaturated/α-hetero) is 3. The van der Waals surface area contributed by atoms with Crippen LogP contribution in [0.5, 0.6) is 11.5 Å². The lowest BCUT2D eigenvalue weighted by Crippen LogP contribution is -2.04. The van der Waals surface area contributed by atoms with Gasteiger partial charge in [0.25, 0.3) is 0 Å². The fourth-order valence-corrected chi connectivity index (χ4v) is 2.56. The van der Waals surface area contributed by atoms with Gasteiger partial charge in [0.05, 0.1) is 17.5 Å². The summed E-state index contributed by atoms with van der Waals surface area (Å²) >= 11 is 6.33. The molecule has 25 heavy (non-hydrogen) atoms. The maximum absolute atomic E-state index is 11.4. The van der Waals surface area contributed by atoms with Crippen molar-refractivity contribution in [2.45, 2.75) is 20.3 Å². The third-order valence-electron chi connectivity index (χ3n) is 3.01. The van der Waals surface area contributed by atoms with E-state index in [1.54, 1.807) is 18.2 Å². The summed E-state index contributed by atoms with van der Waals surface area (Å²) in [6.45, 7) is 2.76. The van der Waals surface area contributed by atoms with Crippen LogP contribution in [0.15, 0.2) is 45.3 Å². The van der Waals surface area contributed by atoms with Crippen LogP contribution < -0.4 is 0 Å². The SMILES string of the molecule is CC(=O)CC(=O)c1ccc(Br)cc1O.CC(=O)c1ccc(Br)cc1O. The van der Waals surface area contributed by atoms with Gasteiger partial charge in [-0.15, -0.1) is 0 Å². The third-order valence-corrected chi connectivity index (χ3v) is 4.00. The molecule has 2 aromatic carbocycles. The quantitative estimate of drug-likeness (QED) is 0.499. The number of hydrogen-bond donors (Lipinski definition) is 2.